The number of methoxy groups -OCH3 is 1. The van der Waals surface area contributed by atoms with Gasteiger partial charge < -0.3 is 25.0 Å². The third kappa shape index (κ3) is 12.2. The van der Waals surface area contributed by atoms with E-state index in [2.05, 4.69) is 23.5 Å². The highest BCUT2D eigenvalue weighted by Crippen LogP contribution is 2.27. The van der Waals surface area contributed by atoms with E-state index in [1.807, 2.05) is 6.26 Å². The molecule has 0 heterocycles. The van der Waals surface area contributed by atoms with Crippen LogP contribution in [0.15, 0.2) is 48.5 Å². The third-order valence-corrected chi connectivity index (χ3v) is 7.34. The smallest absolute Gasteiger partial charge is 0.408 e. The number of ether oxygens (including phenoxy) is 2. The highest BCUT2D eigenvalue weighted by atomic mass is 32.2. The summed E-state index contributed by atoms with van der Waals surface area (Å²) in [5.74, 6) is 3.18. The van der Waals surface area contributed by atoms with Gasteiger partial charge >= 0.3 is 6.09 Å². The molecule has 2 atom stereocenters. The maximum atomic E-state index is 14.4. The lowest BCUT2D eigenvalue weighted by Gasteiger charge is -2.34. The molecule has 43 heavy (non-hydrogen) atoms. The Hall–Kier alpha value is -3.64. The molecule has 0 radical (unpaired) electrons. The average molecular weight is 610 g/mol. The van der Waals surface area contributed by atoms with Gasteiger partial charge in [-0.15, -0.1) is 6.42 Å². The molecule has 0 aromatic heterocycles. The van der Waals surface area contributed by atoms with Gasteiger partial charge in [0.1, 0.15) is 23.4 Å². The number of anilines is 1. The maximum absolute atomic E-state index is 14.4. The number of thioether (sulfide) groups is 1. The second-order valence-corrected chi connectivity index (χ2v) is 12.3. The van der Waals surface area contributed by atoms with E-state index in [0.29, 0.717) is 47.7 Å². The normalized spacial score (nSPS) is 12.4. The number of hydrogen-bond donors (Lipinski definition) is 2. The molecule has 0 saturated heterocycles. The molecule has 234 valence electrons. The molecular weight excluding hydrogens is 562 g/mol. The molecule has 0 aliphatic heterocycles. The van der Waals surface area contributed by atoms with Gasteiger partial charge in [0.15, 0.2) is 0 Å². The van der Waals surface area contributed by atoms with Crippen molar-refractivity contribution in [3.63, 3.8) is 0 Å². The van der Waals surface area contributed by atoms with Crippen molar-refractivity contribution in [2.24, 2.45) is 0 Å². The number of amides is 3. The number of carbonyl (C=O) groups excluding carboxylic acids is 3. The Morgan fingerprint density at radius 3 is 2.21 bits per heavy atom. The summed E-state index contributed by atoms with van der Waals surface area (Å²) in [6.45, 7) is 7.80. The Morgan fingerprint density at radius 2 is 1.65 bits per heavy atom. The van der Waals surface area contributed by atoms with Crippen LogP contribution in [-0.2, 0) is 14.3 Å². The Kier molecular flexibility index (Phi) is 15.0. The number of nitrogens with one attached hydrogen (secondary N) is 2. The Morgan fingerprint density at radius 1 is 1.00 bits per heavy atom. The number of rotatable bonds is 16. The molecule has 9 heteroatoms. The molecule has 0 aliphatic carbocycles. The number of benzene rings is 2. The average Bonchev–Trinajstić information content (AvgIpc) is 2.97. The second kappa shape index (κ2) is 18.1. The van der Waals surface area contributed by atoms with Gasteiger partial charge in [-0.05, 0) is 87.6 Å². The summed E-state index contributed by atoms with van der Waals surface area (Å²) in [5.41, 5.74) is 1.13. The fraction of sp³-hybridized carbons (Fsp3) is 0.500. The van der Waals surface area contributed by atoms with E-state index in [1.54, 1.807) is 93.1 Å². The Bertz CT molecular complexity index is 1200. The highest BCUT2D eigenvalue weighted by molar-refractivity contribution is 7.98. The van der Waals surface area contributed by atoms with Gasteiger partial charge in [-0.3, -0.25) is 9.59 Å². The minimum Gasteiger partial charge on any atom is -0.497 e. The molecule has 8 nitrogen and oxygen atoms in total. The lowest BCUT2D eigenvalue weighted by atomic mass is 10.00. The largest absolute Gasteiger partial charge is 0.497 e. The van der Waals surface area contributed by atoms with E-state index >= 15 is 0 Å². The Balaban J connectivity index is 2.52. The zero-order valence-corrected chi connectivity index (χ0v) is 27.2. The summed E-state index contributed by atoms with van der Waals surface area (Å²) < 4.78 is 10.7. The van der Waals surface area contributed by atoms with Crippen LogP contribution in [0.25, 0.3) is 0 Å². The summed E-state index contributed by atoms with van der Waals surface area (Å²) in [5, 5.41) is 5.76. The second-order valence-electron chi connectivity index (χ2n) is 11.3. The predicted octanol–water partition coefficient (Wildman–Crippen LogP) is 6.80. The minimum atomic E-state index is -0.968. The zero-order valence-electron chi connectivity index (χ0n) is 26.4. The van der Waals surface area contributed by atoms with E-state index in [9.17, 15) is 14.4 Å². The van der Waals surface area contributed by atoms with Gasteiger partial charge in [0.25, 0.3) is 5.91 Å². The van der Waals surface area contributed by atoms with Crippen molar-refractivity contribution in [1.82, 2.24) is 10.2 Å². The number of nitrogens with zero attached hydrogens (tertiary/aromatic N) is 1. The quantitative estimate of drug-likeness (QED) is 0.161. The molecular formula is C34H47N3O5S. The van der Waals surface area contributed by atoms with Crippen LogP contribution in [0, 0.1) is 12.3 Å². The summed E-state index contributed by atoms with van der Waals surface area (Å²) in [6.07, 6.45) is 12.1. The maximum Gasteiger partial charge on any atom is 0.408 e. The molecule has 2 N–H and O–H groups in total. The van der Waals surface area contributed by atoms with Crippen molar-refractivity contribution in [3.8, 4) is 18.1 Å². The fourth-order valence-electron chi connectivity index (χ4n) is 4.51. The first-order chi connectivity index (χ1) is 20.5. The number of unbranched alkanes of at least 4 members (excludes halogenated alkanes) is 4. The lowest BCUT2D eigenvalue weighted by Crippen LogP contribution is -2.52. The SMILES string of the molecule is C#Cc1ccc(C(C(=O)Nc2ccc(OC)cc2)N(CCCCCCC)C(=O)C(CCSC)NC(=O)OC(C)(C)C)cc1. The van der Waals surface area contributed by atoms with Gasteiger partial charge in [-0.1, -0.05) is 50.7 Å². The van der Waals surface area contributed by atoms with E-state index in [1.165, 1.54) is 0 Å². The van der Waals surface area contributed by atoms with Gasteiger partial charge in [0.05, 0.1) is 7.11 Å². The van der Waals surface area contributed by atoms with Gasteiger partial charge in [-0.2, -0.15) is 11.8 Å². The van der Waals surface area contributed by atoms with Crippen LogP contribution in [0.1, 0.15) is 83.4 Å². The van der Waals surface area contributed by atoms with Crippen LogP contribution in [0.2, 0.25) is 0 Å². The van der Waals surface area contributed by atoms with Crippen LogP contribution < -0.4 is 15.4 Å². The summed E-state index contributed by atoms with van der Waals surface area (Å²) in [4.78, 5) is 42.8. The molecule has 2 rings (SSSR count). The monoisotopic (exact) mass is 609 g/mol. The molecule has 3 amide bonds. The number of hydrogen-bond acceptors (Lipinski definition) is 6. The van der Waals surface area contributed by atoms with E-state index in [-0.39, 0.29) is 11.8 Å². The van der Waals surface area contributed by atoms with Crippen molar-refractivity contribution in [2.75, 3.05) is 31.0 Å². The summed E-state index contributed by atoms with van der Waals surface area (Å²) in [7, 11) is 1.58. The molecule has 0 aliphatic rings. The summed E-state index contributed by atoms with van der Waals surface area (Å²) in [6, 6.07) is 12.2. The van der Waals surface area contributed by atoms with Crippen LogP contribution >= 0.6 is 11.8 Å². The van der Waals surface area contributed by atoms with Crippen LogP contribution in [0.3, 0.4) is 0 Å². The van der Waals surface area contributed by atoms with Crippen molar-refractivity contribution in [3.05, 3.63) is 59.7 Å². The van der Waals surface area contributed by atoms with Crippen molar-refractivity contribution >= 4 is 35.4 Å². The molecule has 2 unspecified atom stereocenters. The van der Waals surface area contributed by atoms with Crippen LogP contribution in [-0.4, -0.2) is 60.1 Å². The van der Waals surface area contributed by atoms with Gasteiger partial charge in [-0.25, -0.2) is 4.79 Å². The van der Waals surface area contributed by atoms with Crippen molar-refractivity contribution in [2.45, 2.75) is 83.9 Å². The number of terminal acetylenes is 1. The number of alkyl carbamates (subject to hydrolysis) is 1. The third-order valence-electron chi connectivity index (χ3n) is 6.70. The molecule has 0 fully saturated rings. The zero-order chi connectivity index (χ0) is 31.8. The molecule has 0 spiro atoms. The topological polar surface area (TPSA) is 97.0 Å². The van der Waals surface area contributed by atoms with Crippen molar-refractivity contribution < 1.29 is 23.9 Å². The molecule has 2 aromatic carbocycles. The van der Waals surface area contributed by atoms with E-state index in [0.717, 1.165) is 25.7 Å². The highest BCUT2D eigenvalue weighted by Gasteiger charge is 2.36. The van der Waals surface area contributed by atoms with Crippen molar-refractivity contribution in [1.29, 1.82) is 0 Å². The fourth-order valence-corrected chi connectivity index (χ4v) is 4.99. The molecule has 2 aromatic rings. The minimum absolute atomic E-state index is 0.339. The predicted molar refractivity (Wildman–Crippen MR) is 175 cm³/mol. The standard InChI is InChI=1S/C34H47N3O5S/c1-8-10-11-12-13-23-37(32(39)29(22-24-43-7)36-33(40)42-34(3,4)5)30(26-16-14-25(9-2)15-17-26)31(38)35-27-18-20-28(41-6)21-19-27/h2,14-21,29-30H,8,10-13,22-24H2,1,3-7H3,(H,35,38)(H,36,40). The molecule has 0 bridgehead atoms. The van der Waals surface area contributed by atoms with E-state index in [4.69, 9.17) is 15.9 Å². The van der Waals surface area contributed by atoms with Gasteiger partial charge in [0.2, 0.25) is 5.91 Å². The first kappa shape index (κ1) is 35.6. The van der Waals surface area contributed by atoms with E-state index < -0.39 is 23.8 Å². The first-order valence-electron chi connectivity index (χ1n) is 14.8. The molecule has 0 saturated carbocycles. The first-order valence-corrected chi connectivity index (χ1v) is 16.2. The van der Waals surface area contributed by atoms with Gasteiger partial charge in [0, 0.05) is 17.8 Å². The Labute approximate surface area is 261 Å². The van der Waals surface area contributed by atoms with Crippen LogP contribution in [0.4, 0.5) is 10.5 Å². The summed E-state index contributed by atoms with van der Waals surface area (Å²) >= 11 is 1.58. The lowest BCUT2D eigenvalue weighted by molar-refractivity contribution is -0.141. The van der Waals surface area contributed by atoms with Crippen LogP contribution in [0.5, 0.6) is 5.75 Å². The number of carbonyl (C=O) groups is 3.